The summed E-state index contributed by atoms with van der Waals surface area (Å²) in [5, 5.41) is 0.555. The quantitative estimate of drug-likeness (QED) is 0.486. The minimum Gasteiger partial charge on any atom is -0.497 e. The lowest BCUT2D eigenvalue weighted by molar-refractivity contribution is -0.139. The van der Waals surface area contributed by atoms with Gasteiger partial charge in [0, 0.05) is 10.6 Å². The number of allylic oxidation sites excluding steroid dienone is 1. The number of fused-ring (bicyclic) bond motifs is 1. The highest BCUT2D eigenvalue weighted by molar-refractivity contribution is 7.07. The highest BCUT2D eigenvalue weighted by atomic mass is 35.5. The van der Waals surface area contributed by atoms with Gasteiger partial charge in [-0.15, -0.1) is 0 Å². The molecule has 0 bridgehead atoms. The fraction of sp³-hybridized carbons (Fsp3) is 0.240. The molecular weight excluding hydrogens is 476 g/mol. The number of hydrogen-bond acceptors (Lipinski definition) is 7. The average molecular weight is 499 g/mol. The van der Waals surface area contributed by atoms with E-state index in [0.717, 1.165) is 5.56 Å². The van der Waals surface area contributed by atoms with Gasteiger partial charge < -0.3 is 14.2 Å². The maximum atomic E-state index is 13.7. The summed E-state index contributed by atoms with van der Waals surface area (Å²) in [5.41, 5.74) is 1.97. The van der Waals surface area contributed by atoms with E-state index >= 15 is 0 Å². The molecule has 0 radical (unpaired) electrons. The van der Waals surface area contributed by atoms with E-state index in [0.29, 0.717) is 42.7 Å². The fourth-order valence-corrected chi connectivity index (χ4v) is 5.01. The molecule has 176 valence electrons. The van der Waals surface area contributed by atoms with Crippen LogP contribution in [0.3, 0.4) is 0 Å². The number of halogens is 1. The molecule has 2 heterocycles. The van der Waals surface area contributed by atoms with Crippen LogP contribution in [0.25, 0.3) is 6.08 Å². The van der Waals surface area contributed by atoms with Gasteiger partial charge in [-0.1, -0.05) is 35.1 Å². The minimum atomic E-state index is -0.693. The number of carbonyl (C=O) groups is 1. The van der Waals surface area contributed by atoms with E-state index in [1.54, 1.807) is 76.6 Å². The molecule has 1 aromatic heterocycles. The molecule has 0 saturated carbocycles. The maximum Gasteiger partial charge on any atom is 0.338 e. The van der Waals surface area contributed by atoms with Crippen LogP contribution in [0.4, 0.5) is 0 Å². The zero-order valence-electron chi connectivity index (χ0n) is 19.1. The number of hydrogen-bond donors (Lipinski definition) is 0. The van der Waals surface area contributed by atoms with Gasteiger partial charge in [0.1, 0.15) is 11.5 Å². The second kappa shape index (κ2) is 9.87. The zero-order chi connectivity index (χ0) is 24.4. The number of carbonyl (C=O) groups excluding carboxylic acids is 1. The first kappa shape index (κ1) is 23.8. The number of esters is 1. The second-order valence-corrected chi connectivity index (χ2v) is 8.91. The molecule has 1 aliphatic heterocycles. The molecular formula is C25H23ClN2O5S. The first-order valence-electron chi connectivity index (χ1n) is 10.5. The van der Waals surface area contributed by atoms with Gasteiger partial charge in [0.25, 0.3) is 5.56 Å². The molecule has 0 aliphatic carbocycles. The number of ether oxygens (including phenoxy) is 3. The zero-order valence-corrected chi connectivity index (χ0v) is 20.7. The van der Waals surface area contributed by atoms with Crippen molar-refractivity contribution in [2.45, 2.75) is 19.9 Å². The van der Waals surface area contributed by atoms with Gasteiger partial charge in [-0.25, -0.2) is 9.79 Å². The number of rotatable bonds is 6. The Kier molecular flexibility index (Phi) is 6.90. The van der Waals surface area contributed by atoms with Crippen molar-refractivity contribution in [2.75, 3.05) is 20.8 Å². The van der Waals surface area contributed by atoms with Crippen molar-refractivity contribution in [1.82, 2.24) is 4.57 Å². The van der Waals surface area contributed by atoms with E-state index in [1.165, 1.54) is 15.9 Å². The van der Waals surface area contributed by atoms with E-state index in [2.05, 4.69) is 4.99 Å². The van der Waals surface area contributed by atoms with Gasteiger partial charge in [0.15, 0.2) is 4.80 Å². The third-order valence-electron chi connectivity index (χ3n) is 5.43. The van der Waals surface area contributed by atoms with E-state index in [9.17, 15) is 9.59 Å². The summed E-state index contributed by atoms with van der Waals surface area (Å²) in [6.45, 7) is 3.70. The van der Waals surface area contributed by atoms with Crippen molar-refractivity contribution in [3.05, 3.63) is 89.6 Å². The molecule has 0 amide bonds. The summed E-state index contributed by atoms with van der Waals surface area (Å²) in [4.78, 5) is 31.7. The smallest absolute Gasteiger partial charge is 0.338 e. The van der Waals surface area contributed by atoms with Crippen LogP contribution in [-0.4, -0.2) is 31.4 Å². The normalized spacial score (nSPS) is 15.6. The molecule has 7 nitrogen and oxygen atoms in total. The summed E-state index contributed by atoms with van der Waals surface area (Å²) in [6.07, 6.45) is 1.74. The largest absolute Gasteiger partial charge is 0.497 e. The second-order valence-electron chi connectivity index (χ2n) is 7.46. The molecule has 1 unspecified atom stereocenters. The summed E-state index contributed by atoms with van der Waals surface area (Å²) in [6, 6.07) is 11.7. The highest BCUT2D eigenvalue weighted by Gasteiger charge is 2.33. The molecule has 0 N–H and O–H groups in total. The van der Waals surface area contributed by atoms with Gasteiger partial charge in [-0.05, 0) is 55.8 Å². The molecule has 1 aliphatic rings. The van der Waals surface area contributed by atoms with E-state index in [-0.39, 0.29) is 12.2 Å². The van der Waals surface area contributed by atoms with Crippen molar-refractivity contribution in [3.63, 3.8) is 0 Å². The first-order valence-corrected chi connectivity index (χ1v) is 11.7. The summed E-state index contributed by atoms with van der Waals surface area (Å²) in [5.74, 6) is 0.732. The number of thiazole rings is 1. The SMILES string of the molecule is CCOC(=O)C1=C(C)N=c2s/c(=C\c3cc(OC)ccc3OC)c(=O)n2C1c1ccc(Cl)cc1. The summed E-state index contributed by atoms with van der Waals surface area (Å²) in [7, 11) is 3.14. The fourth-order valence-electron chi connectivity index (χ4n) is 3.85. The molecule has 0 saturated heterocycles. The molecule has 34 heavy (non-hydrogen) atoms. The predicted octanol–water partition coefficient (Wildman–Crippen LogP) is 3.47. The van der Waals surface area contributed by atoms with Crippen LogP contribution in [0.1, 0.15) is 31.0 Å². The van der Waals surface area contributed by atoms with Crippen LogP contribution in [0.5, 0.6) is 11.5 Å². The van der Waals surface area contributed by atoms with Crippen LogP contribution in [0.2, 0.25) is 5.02 Å². The Balaban J connectivity index is 1.96. The van der Waals surface area contributed by atoms with Crippen molar-refractivity contribution < 1.29 is 19.0 Å². The number of benzene rings is 2. The molecule has 0 fully saturated rings. The van der Waals surface area contributed by atoms with E-state index in [1.807, 2.05) is 0 Å². The Labute approximate surface area is 205 Å². The van der Waals surface area contributed by atoms with Crippen LogP contribution in [0.15, 0.2) is 63.5 Å². The Morgan fingerprint density at radius 2 is 1.91 bits per heavy atom. The van der Waals surface area contributed by atoms with Crippen molar-refractivity contribution >= 4 is 35.0 Å². The summed E-state index contributed by atoms with van der Waals surface area (Å²) >= 11 is 7.33. The Morgan fingerprint density at radius 3 is 2.56 bits per heavy atom. The Morgan fingerprint density at radius 1 is 1.18 bits per heavy atom. The molecule has 9 heteroatoms. The van der Waals surface area contributed by atoms with Crippen LogP contribution < -0.4 is 24.4 Å². The lowest BCUT2D eigenvalue weighted by Crippen LogP contribution is -2.39. The van der Waals surface area contributed by atoms with Gasteiger partial charge >= 0.3 is 5.97 Å². The standard InChI is InChI=1S/C25H23ClN2O5S/c1-5-33-24(30)21-14(2)27-25-28(22(21)15-6-8-17(26)9-7-15)23(29)20(34-25)13-16-12-18(31-3)10-11-19(16)32-4/h6-13,22H,5H2,1-4H3/b20-13-. The van der Waals surface area contributed by atoms with Crippen molar-refractivity contribution in [1.29, 1.82) is 0 Å². The Bertz CT molecular complexity index is 1450. The van der Waals surface area contributed by atoms with E-state index in [4.69, 9.17) is 25.8 Å². The van der Waals surface area contributed by atoms with Crippen LogP contribution in [0, 0.1) is 0 Å². The van der Waals surface area contributed by atoms with Crippen LogP contribution in [-0.2, 0) is 9.53 Å². The summed E-state index contributed by atoms with van der Waals surface area (Å²) < 4.78 is 18.1. The Hall–Kier alpha value is -3.36. The van der Waals surface area contributed by atoms with Gasteiger partial charge in [-0.2, -0.15) is 0 Å². The average Bonchev–Trinajstić information content (AvgIpc) is 3.13. The van der Waals surface area contributed by atoms with Gasteiger partial charge in [0.2, 0.25) is 0 Å². The molecule has 4 rings (SSSR count). The number of methoxy groups -OCH3 is 2. The highest BCUT2D eigenvalue weighted by Crippen LogP contribution is 2.31. The lowest BCUT2D eigenvalue weighted by atomic mass is 9.96. The van der Waals surface area contributed by atoms with Crippen molar-refractivity contribution in [3.8, 4) is 11.5 Å². The molecule has 0 spiro atoms. The third-order valence-corrected chi connectivity index (χ3v) is 6.66. The monoisotopic (exact) mass is 498 g/mol. The number of nitrogens with zero attached hydrogens (tertiary/aromatic N) is 2. The van der Waals surface area contributed by atoms with Crippen LogP contribution >= 0.6 is 22.9 Å². The van der Waals surface area contributed by atoms with E-state index < -0.39 is 12.0 Å². The van der Waals surface area contributed by atoms with Gasteiger partial charge in [-0.3, -0.25) is 9.36 Å². The predicted molar refractivity (Wildman–Crippen MR) is 131 cm³/mol. The minimum absolute atomic E-state index is 0.211. The third kappa shape index (κ3) is 4.38. The number of aromatic nitrogens is 1. The first-order chi connectivity index (χ1) is 16.4. The molecule has 2 aromatic carbocycles. The topological polar surface area (TPSA) is 79.1 Å². The van der Waals surface area contributed by atoms with Gasteiger partial charge in [0.05, 0.1) is 42.7 Å². The molecule has 3 aromatic rings. The van der Waals surface area contributed by atoms with Crippen molar-refractivity contribution in [2.24, 2.45) is 4.99 Å². The lowest BCUT2D eigenvalue weighted by Gasteiger charge is -2.24. The molecule has 1 atom stereocenters. The maximum absolute atomic E-state index is 13.7.